The van der Waals surface area contributed by atoms with Gasteiger partial charge in [-0.05, 0) is 31.2 Å². The molecule has 4 nitrogen and oxygen atoms in total. The maximum Gasteiger partial charge on any atom is 0.231 e. The summed E-state index contributed by atoms with van der Waals surface area (Å²) in [6, 6.07) is 8.34. The highest BCUT2D eigenvalue weighted by Crippen LogP contribution is 2.34. The SMILES string of the molecule is CC[n+]1cccc(/C=C2\Oc3cc(O)ccc3C2=O)c1. The van der Waals surface area contributed by atoms with Crippen LogP contribution in [-0.4, -0.2) is 10.9 Å². The van der Waals surface area contributed by atoms with Crippen molar-refractivity contribution >= 4 is 11.9 Å². The van der Waals surface area contributed by atoms with Gasteiger partial charge in [-0.2, -0.15) is 0 Å². The predicted octanol–water partition coefficient (Wildman–Crippen LogP) is 2.32. The molecule has 4 heteroatoms. The van der Waals surface area contributed by atoms with Crippen LogP contribution in [-0.2, 0) is 6.54 Å². The third kappa shape index (κ3) is 2.16. The van der Waals surface area contributed by atoms with Crippen LogP contribution in [0.3, 0.4) is 0 Å². The Kier molecular flexibility index (Phi) is 2.99. The zero-order valence-corrected chi connectivity index (χ0v) is 11.0. The Labute approximate surface area is 116 Å². The van der Waals surface area contributed by atoms with E-state index in [4.69, 9.17) is 4.74 Å². The Morgan fingerprint density at radius 2 is 2.20 bits per heavy atom. The lowest BCUT2D eigenvalue weighted by molar-refractivity contribution is -0.693. The summed E-state index contributed by atoms with van der Waals surface area (Å²) >= 11 is 0. The van der Waals surface area contributed by atoms with Crippen LogP contribution in [0.4, 0.5) is 0 Å². The van der Waals surface area contributed by atoms with Gasteiger partial charge in [-0.1, -0.05) is 0 Å². The van der Waals surface area contributed by atoms with Crippen molar-refractivity contribution in [1.82, 2.24) is 0 Å². The smallest absolute Gasteiger partial charge is 0.231 e. The topological polar surface area (TPSA) is 50.4 Å². The molecule has 0 fully saturated rings. The maximum absolute atomic E-state index is 12.2. The molecule has 2 heterocycles. The third-order valence-electron chi connectivity index (χ3n) is 3.20. The summed E-state index contributed by atoms with van der Waals surface area (Å²) in [5.41, 5.74) is 1.38. The van der Waals surface area contributed by atoms with Crippen LogP contribution in [0.5, 0.6) is 11.5 Å². The number of aromatic hydroxyl groups is 1. The van der Waals surface area contributed by atoms with Crippen molar-refractivity contribution in [2.45, 2.75) is 13.5 Å². The van der Waals surface area contributed by atoms with Gasteiger partial charge in [-0.3, -0.25) is 4.79 Å². The van der Waals surface area contributed by atoms with Crippen molar-refractivity contribution in [3.63, 3.8) is 0 Å². The number of pyridine rings is 1. The van der Waals surface area contributed by atoms with E-state index >= 15 is 0 Å². The molecule has 0 saturated carbocycles. The quantitative estimate of drug-likeness (QED) is 0.671. The molecular formula is C16H14NO3+. The van der Waals surface area contributed by atoms with Gasteiger partial charge in [0.05, 0.1) is 5.56 Å². The van der Waals surface area contributed by atoms with Gasteiger partial charge in [0.2, 0.25) is 5.78 Å². The molecule has 1 N–H and O–H groups in total. The largest absolute Gasteiger partial charge is 0.508 e. The van der Waals surface area contributed by atoms with E-state index in [0.29, 0.717) is 11.3 Å². The number of carbonyl (C=O) groups is 1. The lowest BCUT2D eigenvalue weighted by Gasteiger charge is -1.98. The van der Waals surface area contributed by atoms with Crippen molar-refractivity contribution < 1.29 is 19.2 Å². The number of Topliss-reactive ketones (excluding diaryl/α,β-unsaturated/α-hetero) is 1. The first-order chi connectivity index (χ1) is 9.67. The number of ketones is 1. The number of phenols is 1. The van der Waals surface area contributed by atoms with Gasteiger partial charge in [0.25, 0.3) is 0 Å². The molecule has 0 atom stereocenters. The lowest BCUT2D eigenvalue weighted by Crippen LogP contribution is -2.31. The average molecular weight is 268 g/mol. The zero-order chi connectivity index (χ0) is 14.1. The highest BCUT2D eigenvalue weighted by molar-refractivity contribution is 6.14. The minimum absolute atomic E-state index is 0.0846. The summed E-state index contributed by atoms with van der Waals surface area (Å²) in [7, 11) is 0. The van der Waals surface area contributed by atoms with Crippen molar-refractivity contribution in [1.29, 1.82) is 0 Å². The first kappa shape index (κ1) is 12.4. The van der Waals surface area contributed by atoms with Gasteiger partial charge in [-0.15, -0.1) is 0 Å². The Morgan fingerprint density at radius 1 is 1.35 bits per heavy atom. The molecule has 1 aromatic carbocycles. The molecule has 0 amide bonds. The molecule has 1 aromatic heterocycles. The van der Waals surface area contributed by atoms with Gasteiger partial charge >= 0.3 is 0 Å². The van der Waals surface area contributed by atoms with E-state index in [1.807, 2.05) is 36.0 Å². The molecule has 1 aliphatic rings. The molecule has 0 unspecified atom stereocenters. The Balaban J connectivity index is 1.96. The van der Waals surface area contributed by atoms with Crippen LogP contribution in [0, 0.1) is 0 Å². The van der Waals surface area contributed by atoms with Gasteiger partial charge in [0.1, 0.15) is 18.0 Å². The highest BCUT2D eigenvalue weighted by atomic mass is 16.5. The summed E-state index contributed by atoms with van der Waals surface area (Å²) in [6.07, 6.45) is 5.63. The standard InChI is InChI=1S/C16H13NO3/c1-2-17-7-3-4-11(10-17)8-15-16(19)13-6-5-12(18)9-14(13)20-15/h3-10H,2H2,1H3/p+1/b15-8-. The van der Waals surface area contributed by atoms with E-state index in [-0.39, 0.29) is 17.3 Å². The number of benzene rings is 1. The second-order valence-corrected chi connectivity index (χ2v) is 4.59. The van der Waals surface area contributed by atoms with E-state index < -0.39 is 0 Å². The minimum Gasteiger partial charge on any atom is -0.508 e. The molecule has 0 saturated heterocycles. The molecule has 20 heavy (non-hydrogen) atoms. The summed E-state index contributed by atoms with van der Waals surface area (Å²) in [5, 5.41) is 9.41. The number of ether oxygens (including phenoxy) is 1. The molecular weight excluding hydrogens is 254 g/mol. The number of aryl methyl sites for hydroxylation is 1. The molecule has 0 spiro atoms. The van der Waals surface area contributed by atoms with E-state index in [9.17, 15) is 9.90 Å². The van der Waals surface area contributed by atoms with Crippen molar-refractivity contribution in [3.8, 4) is 11.5 Å². The Bertz CT molecular complexity index is 719. The van der Waals surface area contributed by atoms with Crippen LogP contribution in [0.1, 0.15) is 22.8 Å². The van der Waals surface area contributed by atoms with Crippen LogP contribution in [0.15, 0.2) is 48.5 Å². The number of nitrogens with zero attached hydrogens (tertiary/aromatic N) is 1. The van der Waals surface area contributed by atoms with E-state index in [1.54, 1.807) is 12.1 Å². The Morgan fingerprint density at radius 3 is 3.00 bits per heavy atom. The minimum atomic E-state index is -0.160. The van der Waals surface area contributed by atoms with Crippen molar-refractivity contribution in [3.05, 3.63) is 59.6 Å². The van der Waals surface area contributed by atoms with Gasteiger partial charge in [0.15, 0.2) is 18.2 Å². The predicted molar refractivity (Wildman–Crippen MR) is 73.4 cm³/mol. The number of fused-ring (bicyclic) bond motifs is 1. The number of hydrogen-bond donors (Lipinski definition) is 1. The first-order valence-electron chi connectivity index (χ1n) is 6.44. The molecule has 3 rings (SSSR count). The molecule has 2 aromatic rings. The second-order valence-electron chi connectivity index (χ2n) is 4.59. The number of phenolic OH excluding ortho intramolecular Hbond substituents is 1. The zero-order valence-electron chi connectivity index (χ0n) is 11.0. The Hall–Kier alpha value is -2.62. The normalized spacial score (nSPS) is 15.2. The van der Waals surface area contributed by atoms with Gasteiger partial charge in [-0.25, -0.2) is 4.57 Å². The molecule has 0 bridgehead atoms. The highest BCUT2D eigenvalue weighted by Gasteiger charge is 2.27. The summed E-state index contributed by atoms with van der Waals surface area (Å²) in [4.78, 5) is 12.2. The third-order valence-corrected chi connectivity index (χ3v) is 3.20. The fourth-order valence-corrected chi connectivity index (χ4v) is 2.15. The van der Waals surface area contributed by atoms with Crippen molar-refractivity contribution in [2.24, 2.45) is 0 Å². The lowest BCUT2D eigenvalue weighted by atomic mass is 10.1. The monoisotopic (exact) mass is 268 g/mol. The molecule has 0 radical (unpaired) electrons. The number of rotatable bonds is 2. The molecule has 1 aliphatic heterocycles. The number of allylic oxidation sites excluding steroid dienone is 1. The fraction of sp³-hybridized carbons (Fsp3) is 0.125. The maximum atomic E-state index is 12.2. The van der Waals surface area contributed by atoms with Crippen LogP contribution >= 0.6 is 0 Å². The number of hydrogen-bond acceptors (Lipinski definition) is 3. The molecule has 0 aliphatic carbocycles. The van der Waals surface area contributed by atoms with Gasteiger partial charge in [0, 0.05) is 17.7 Å². The van der Waals surface area contributed by atoms with E-state index in [1.165, 1.54) is 12.1 Å². The number of aromatic nitrogens is 1. The van der Waals surface area contributed by atoms with Crippen LogP contribution < -0.4 is 9.30 Å². The van der Waals surface area contributed by atoms with Crippen molar-refractivity contribution in [2.75, 3.05) is 0 Å². The van der Waals surface area contributed by atoms with Crippen LogP contribution in [0.2, 0.25) is 0 Å². The van der Waals surface area contributed by atoms with Gasteiger partial charge < -0.3 is 9.84 Å². The first-order valence-corrected chi connectivity index (χ1v) is 6.44. The van der Waals surface area contributed by atoms with E-state index in [0.717, 1.165) is 12.1 Å². The summed E-state index contributed by atoms with van der Waals surface area (Å²) < 4.78 is 7.54. The average Bonchev–Trinajstić information content (AvgIpc) is 2.75. The fourth-order valence-electron chi connectivity index (χ4n) is 2.15. The summed E-state index contributed by atoms with van der Waals surface area (Å²) in [6.45, 7) is 2.91. The second kappa shape index (κ2) is 4.81. The molecule has 100 valence electrons. The van der Waals surface area contributed by atoms with E-state index in [2.05, 4.69) is 0 Å². The summed E-state index contributed by atoms with van der Waals surface area (Å²) in [5.74, 6) is 0.605. The number of carbonyl (C=O) groups excluding carboxylic acids is 1. The van der Waals surface area contributed by atoms with Crippen LogP contribution in [0.25, 0.3) is 6.08 Å².